The van der Waals surface area contributed by atoms with Crippen molar-refractivity contribution in [3.05, 3.63) is 155 Å². The van der Waals surface area contributed by atoms with Crippen LogP contribution >= 0.6 is 0 Å². The molecular weight excluding hydrogens is 655 g/mol. The van der Waals surface area contributed by atoms with Gasteiger partial charge in [-0.05, 0) is 34.4 Å². The Labute approximate surface area is 290 Å². The van der Waals surface area contributed by atoms with Crippen molar-refractivity contribution in [3.63, 3.8) is 0 Å². The van der Waals surface area contributed by atoms with Crippen LogP contribution in [0, 0.1) is 12.2 Å². The molecule has 0 saturated carbocycles. The molecule has 0 saturated heterocycles. The van der Waals surface area contributed by atoms with E-state index in [0.717, 1.165) is 12.8 Å². The van der Waals surface area contributed by atoms with Gasteiger partial charge < -0.3 is 24.8 Å². The first kappa shape index (κ1) is 34.1. The van der Waals surface area contributed by atoms with Gasteiger partial charge in [0, 0.05) is 0 Å². The Hall–Kier alpha value is -2.83. The van der Waals surface area contributed by atoms with Gasteiger partial charge in [-0.25, -0.2) is 0 Å². The molecule has 4 aliphatic rings. The van der Waals surface area contributed by atoms with E-state index < -0.39 is 0 Å². The van der Waals surface area contributed by atoms with E-state index in [4.69, 9.17) is 0 Å². The van der Waals surface area contributed by atoms with Crippen molar-refractivity contribution in [2.75, 3.05) is 0 Å². The zero-order valence-electron chi connectivity index (χ0n) is 25.4. The molecule has 0 fully saturated rings. The molecule has 0 bridgehead atoms. The van der Waals surface area contributed by atoms with Crippen molar-refractivity contribution >= 4 is 35.9 Å². The van der Waals surface area contributed by atoms with Crippen LogP contribution in [0.4, 0.5) is 0 Å². The van der Waals surface area contributed by atoms with E-state index in [1.807, 2.05) is 12.2 Å². The van der Waals surface area contributed by atoms with Crippen molar-refractivity contribution < 1.29 is 49.0 Å². The molecule has 0 unspecified atom stereocenters. The van der Waals surface area contributed by atoms with E-state index in [-0.39, 0.29) is 24.8 Å². The smallest absolute Gasteiger partial charge is 0.0186 e. The molecule has 4 aliphatic carbocycles. The molecule has 0 nitrogen and oxygen atoms in total. The fraction of sp³-hybridized carbons (Fsp3) is 0.195. The number of fused-ring (bicyclic) bond motifs is 10. The molecule has 0 aromatic heterocycles. The second-order valence-electron chi connectivity index (χ2n) is 11.2. The summed E-state index contributed by atoms with van der Waals surface area (Å²) in [6.07, 6.45) is 27.0. The minimum Gasteiger partial charge on any atom is -1.00 e. The van der Waals surface area contributed by atoms with Gasteiger partial charge in [0.1, 0.15) is 0 Å². The molecule has 0 spiro atoms. The molecular formula is C41H36Cl2Zr-2. The molecule has 0 radical (unpaired) electrons. The molecule has 0 N–H and O–H groups in total. The maximum Gasteiger partial charge on any atom is -0.0186 e. The number of rotatable bonds is 4. The van der Waals surface area contributed by atoms with Gasteiger partial charge in [0.05, 0.1) is 0 Å². The minimum absolute atomic E-state index is 0. The number of allylic oxidation sites excluding steroid dienone is 12. The SMILES string of the molecule is CCC[C](=[Zr+2])CCC.[C-]1=CC=C2C1=CCc1ccc3ccccc3c12.[C-]1=CC=C2C1=CCc1ccc3ccccc3c12.[Cl-].[Cl-]. The van der Waals surface area contributed by atoms with Gasteiger partial charge in [-0.15, -0.1) is 23.3 Å². The zero-order chi connectivity index (χ0) is 28.9. The summed E-state index contributed by atoms with van der Waals surface area (Å²) in [6, 6.07) is 26.2. The molecule has 44 heavy (non-hydrogen) atoms. The maximum absolute atomic E-state index is 3.31. The van der Waals surface area contributed by atoms with Crippen molar-refractivity contribution in [3.8, 4) is 0 Å². The van der Waals surface area contributed by atoms with Crippen molar-refractivity contribution in [2.45, 2.75) is 52.4 Å². The number of benzene rings is 4. The standard InChI is InChI=1S/2C17H11.C7H14.2ClH.Zr/c2*1-2-6-15-12(4-1)8-10-14-11-9-13-5-3-7-16(13)17(14)15;1-3-5-7-6-4-2;;;/h2*1-4,6-10H,11H2;3-6H2,1-2H3;2*1H;/q2*-1;;;;+2/p-2. The summed E-state index contributed by atoms with van der Waals surface area (Å²) in [7, 11) is 0. The molecule has 0 amide bonds. The predicted molar refractivity (Wildman–Crippen MR) is 178 cm³/mol. The van der Waals surface area contributed by atoms with E-state index in [9.17, 15) is 0 Å². The van der Waals surface area contributed by atoms with Crippen LogP contribution in [0.15, 0.2) is 120 Å². The molecule has 3 heteroatoms. The van der Waals surface area contributed by atoms with Crippen molar-refractivity contribution in [2.24, 2.45) is 0 Å². The summed E-state index contributed by atoms with van der Waals surface area (Å²) in [6.45, 7) is 4.50. The number of hydrogen-bond acceptors (Lipinski definition) is 0. The Morgan fingerprint density at radius 2 is 1.05 bits per heavy atom. The first-order valence-electron chi connectivity index (χ1n) is 15.3. The van der Waals surface area contributed by atoms with Crippen LogP contribution in [0.3, 0.4) is 0 Å². The van der Waals surface area contributed by atoms with Crippen molar-refractivity contribution in [1.82, 2.24) is 0 Å². The van der Waals surface area contributed by atoms with Crippen molar-refractivity contribution in [1.29, 1.82) is 0 Å². The second kappa shape index (κ2) is 15.9. The minimum atomic E-state index is 0. The van der Waals surface area contributed by atoms with E-state index in [2.05, 4.69) is 123 Å². The topological polar surface area (TPSA) is 0 Å². The molecule has 220 valence electrons. The molecule has 0 aliphatic heterocycles. The Bertz CT molecular complexity index is 1730. The fourth-order valence-corrected chi connectivity index (χ4v) is 7.53. The summed E-state index contributed by atoms with van der Waals surface area (Å²) >= 11 is 1.65. The van der Waals surface area contributed by atoms with Gasteiger partial charge >= 0.3 is 67.0 Å². The molecule has 0 atom stereocenters. The van der Waals surface area contributed by atoms with Crippen LogP contribution in [-0.2, 0) is 37.1 Å². The van der Waals surface area contributed by atoms with Gasteiger partial charge in [-0.3, -0.25) is 0 Å². The van der Waals surface area contributed by atoms with Crippen LogP contribution in [-0.4, -0.2) is 3.21 Å². The van der Waals surface area contributed by atoms with Gasteiger partial charge in [0.15, 0.2) is 0 Å². The molecule has 4 aromatic rings. The van der Waals surface area contributed by atoms with Crippen LogP contribution < -0.4 is 24.8 Å². The van der Waals surface area contributed by atoms with Gasteiger partial charge in [0.25, 0.3) is 0 Å². The first-order valence-corrected chi connectivity index (χ1v) is 16.5. The van der Waals surface area contributed by atoms with E-state index in [1.165, 1.54) is 91.8 Å². The largest absolute Gasteiger partial charge is 1.00 e. The van der Waals surface area contributed by atoms with Crippen LogP contribution in [0.5, 0.6) is 0 Å². The summed E-state index contributed by atoms with van der Waals surface area (Å²) in [4.78, 5) is 0. The summed E-state index contributed by atoms with van der Waals surface area (Å²) in [5.41, 5.74) is 10.9. The van der Waals surface area contributed by atoms with Gasteiger partial charge in [-0.2, -0.15) is 47.6 Å². The van der Waals surface area contributed by atoms with E-state index in [1.54, 1.807) is 27.4 Å². The third kappa shape index (κ3) is 7.18. The summed E-state index contributed by atoms with van der Waals surface area (Å²) in [5, 5.41) is 5.36. The second-order valence-corrected chi connectivity index (χ2v) is 12.9. The molecule has 8 rings (SSSR count). The average molecular weight is 691 g/mol. The van der Waals surface area contributed by atoms with Gasteiger partial charge in [0.2, 0.25) is 0 Å². The summed E-state index contributed by atoms with van der Waals surface area (Å²) < 4.78 is 1.75. The first-order chi connectivity index (χ1) is 20.7. The Balaban J connectivity index is 0.000000158. The van der Waals surface area contributed by atoms with Crippen LogP contribution in [0.1, 0.15) is 61.8 Å². The Kier molecular flexibility index (Phi) is 12.3. The average Bonchev–Trinajstić information content (AvgIpc) is 3.71. The van der Waals surface area contributed by atoms with Crippen LogP contribution in [0.25, 0.3) is 32.7 Å². The van der Waals surface area contributed by atoms with E-state index >= 15 is 0 Å². The molecule has 4 aromatic carbocycles. The third-order valence-corrected chi connectivity index (χ3v) is 9.51. The fourth-order valence-electron chi connectivity index (χ4n) is 6.30. The maximum atomic E-state index is 3.31. The zero-order valence-corrected chi connectivity index (χ0v) is 29.4. The van der Waals surface area contributed by atoms with Gasteiger partial charge in [-0.1, -0.05) is 95.1 Å². The van der Waals surface area contributed by atoms with E-state index in [0.29, 0.717) is 0 Å². The quantitative estimate of drug-likeness (QED) is 0.278. The predicted octanol–water partition coefficient (Wildman–Crippen LogP) is 4.47. The monoisotopic (exact) mass is 688 g/mol. The molecule has 0 heterocycles. The van der Waals surface area contributed by atoms with Crippen LogP contribution in [0.2, 0.25) is 0 Å². The third-order valence-electron chi connectivity index (χ3n) is 8.28. The number of hydrogen-bond donors (Lipinski definition) is 0. The normalized spacial score (nSPS) is 14.5. The summed E-state index contributed by atoms with van der Waals surface area (Å²) in [5.74, 6) is 0. The Morgan fingerprint density at radius 3 is 1.48 bits per heavy atom. The number of halogens is 2. The Morgan fingerprint density at radius 1 is 0.614 bits per heavy atom.